The van der Waals surface area contributed by atoms with Crippen molar-refractivity contribution in [2.24, 2.45) is 0 Å². The van der Waals surface area contributed by atoms with Crippen molar-refractivity contribution >= 4 is 0 Å². The van der Waals surface area contributed by atoms with Gasteiger partial charge in [0.15, 0.2) is 11.5 Å². The fraction of sp³-hybridized carbons (Fsp3) is 0.500. The number of nitrogens with zero attached hydrogens (tertiary/aromatic N) is 2. The van der Waals surface area contributed by atoms with Gasteiger partial charge in [0, 0.05) is 19.6 Å². The predicted octanol–water partition coefficient (Wildman–Crippen LogP) is 3.89. The predicted molar refractivity (Wildman–Crippen MR) is 116 cm³/mol. The molecule has 0 radical (unpaired) electrons. The molecule has 152 valence electrons. The normalized spacial score (nSPS) is 15.9. The first-order chi connectivity index (χ1) is 13.8. The van der Waals surface area contributed by atoms with Crippen LogP contribution in [0.2, 0.25) is 0 Å². The van der Waals surface area contributed by atoms with E-state index in [0.29, 0.717) is 0 Å². The first-order valence-corrected chi connectivity index (χ1v) is 10.5. The van der Waals surface area contributed by atoms with Crippen molar-refractivity contribution in [3.05, 3.63) is 59.7 Å². The standard InChI is InChI=1S/C24H34N2O2/c1-27-23-12-11-22(20-24(23)28-2)13-17-26-16-7-15-25(18-19-26)14-6-10-21-8-4-3-5-9-21/h3-5,8-9,11-12,20H,6-7,10,13-19H2,1-2H3. The smallest absolute Gasteiger partial charge is 0.160 e. The van der Waals surface area contributed by atoms with Gasteiger partial charge in [-0.25, -0.2) is 0 Å². The molecule has 2 aromatic rings. The molecule has 0 amide bonds. The first kappa shape index (κ1) is 20.7. The maximum Gasteiger partial charge on any atom is 0.160 e. The number of rotatable bonds is 9. The van der Waals surface area contributed by atoms with Gasteiger partial charge in [-0.15, -0.1) is 0 Å². The minimum atomic E-state index is 0.798. The SMILES string of the molecule is COc1ccc(CCN2CCCN(CCCc3ccccc3)CC2)cc1OC. The topological polar surface area (TPSA) is 24.9 Å². The lowest BCUT2D eigenvalue weighted by Crippen LogP contribution is -2.32. The van der Waals surface area contributed by atoms with Gasteiger partial charge < -0.3 is 19.3 Å². The number of ether oxygens (including phenoxy) is 2. The van der Waals surface area contributed by atoms with E-state index in [4.69, 9.17) is 9.47 Å². The quantitative estimate of drug-likeness (QED) is 0.657. The summed E-state index contributed by atoms with van der Waals surface area (Å²) in [5.74, 6) is 1.62. The Balaban J connectivity index is 1.40. The molecule has 0 saturated carbocycles. The minimum Gasteiger partial charge on any atom is -0.493 e. The van der Waals surface area contributed by atoms with E-state index in [1.54, 1.807) is 14.2 Å². The van der Waals surface area contributed by atoms with Crippen LogP contribution >= 0.6 is 0 Å². The van der Waals surface area contributed by atoms with E-state index >= 15 is 0 Å². The third-order valence-electron chi connectivity index (χ3n) is 5.63. The van der Waals surface area contributed by atoms with E-state index in [1.807, 2.05) is 6.07 Å². The third-order valence-corrected chi connectivity index (χ3v) is 5.63. The van der Waals surface area contributed by atoms with Crippen LogP contribution in [0.3, 0.4) is 0 Å². The van der Waals surface area contributed by atoms with E-state index in [2.05, 4.69) is 52.3 Å². The van der Waals surface area contributed by atoms with E-state index in [0.717, 1.165) is 24.5 Å². The van der Waals surface area contributed by atoms with Crippen molar-refractivity contribution in [3.63, 3.8) is 0 Å². The molecule has 0 unspecified atom stereocenters. The molecule has 0 N–H and O–H groups in total. The Hall–Kier alpha value is -2.04. The Morgan fingerprint density at radius 1 is 0.714 bits per heavy atom. The Bertz CT molecular complexity index is 705. The molecular formula is C24H34N2O2. The van der Waals surface area contributed by atoms with Crippen LogP contribution in [0.4, 0.5) is 0 Å². The van der Waals surface area contributed by atoms with Gasteiger partial charge in [0.05, 0.1) is 14.2 Å². The molecule has 0 atom stereocenters. The van der Waals surface area contributed by atoms with Gasteiger partial charge in [-0.3, -0.25) is 0 Å². The average molecular weight is 383 g/mol. The van der Waals surface area contributed by atoms with Gasteiger partial charge in [-0.2, -0.15) is 0 Å². The first-order valence-electron chi connectivity index (χ1n) is 10.5. The number of benzene rings is 2. The zero-order chi connectivity index (χ0) is 19.6. The second-order valence-electron chi connectivity index (χ2n) is 7.57. The molecule has 0 spiro atoms. The Morgan fingerprint density at radius 3 is 2.14 bits per heavy atom. The van der Waals surface area contributed by atoms with Crippen molar-refractivity contribution < 1.29 is 9.47 Å². The molecule has 0 aliphatic carbocycles. The van der Waals surface area contributed by atoms with Gasteiger partial charge in [-0.1, -0.05) is 36.4 Å². The summed E-state index contributed by atoms with van der Waals surface area (Å²) in [6.45, 7) is 7.08. The molecular weight excluding hydrogens is 348 g/mol. The maximum atomic E-state index is 5.43. The summed E-state index contributed by atoms with van der Waals surface area (Å²) in [4.78, 5) is 5.24. The van der Waals surface area contributed by atoms with Crippen LogP contribution in [0, 0.1) is 0 Å². The highest BCUT2D eigenvalue weighted by Gasteiger charge is 2.15. The lowest BCUT2D eigenvalue weighted by Gasteiger charge is -2.22. The third kappa shape index (κ3) is 6.25. The van der Waals surface area contributed by atoms with Crippen molar-refractivity contribution in [1.29, 1.82) is 0 Å². The van der Waals surface area contributed by atoms with Gasteiger partial charge in [0.1, 0.15) is 0 Å². The van der Waals surface area contributed by atoms with Crippen molar-refractivity contribution in [3.8, 4) is 11.5 Å². The van der Waals surface area contributed by atoms with Crippen molar-refractivity contribution in [1.82, 2.24) is 9.80 Å². The highest BCUT2D eigenvalue weighted by atomic mass is 16.5. The Labute approximate surface area is 170 Å². The van der Waals surface area contributed by atoms with Crippen LogP contribution < -0.4 is 9.47 Å². The van der Waals surface area contributed by atoms with Gasteiger partial charge >= 0.3 is 0 Å². The monoisotopic (exact) mass is 382 g/mol. The van der Waals surface area contributed by atoms with Gasteiger partial charge in [-0.05, 0) is 68.6 Å². The lowest BCUT2D eigenvalue weighted by molar-refractivity contribution is 0.256. The summed E-state index contributed by atoms with van der Waals surface area (Å²) in [5, 5.41) is 0. The molecule has 0 aromatic heterocycles. The summed E-state index contributed by atoms with van der Waals surface area (Å²) in [5.41, 5.74) is 2.76. The summed E-state index contributed by atoms with van der Waals surface area (Å²) in [6.07, 6.45) is 4.74. The molecule has 4 nitrogen and oxygen atoms in total. The zero-order valence-corrected chi connectivity index (χ0v) is 17.4. The molecule has 1 saturated heterocycles. The van der Waals surface area contributed by atoms with E-state index in [-0.39, 0.29) is 0 Å². The van der Waals surface area contributed by atoms with Crippen molar-refractivity contribution in [2.45, 2.75) is 25.7 Å². The molecule has 2 aromatic carbocycles. The highest BCUT2D eigenvalue weighted by molar-refractivity contribution is 5.42. The summed E-state index contributed by atoms with van der Waals surface area (Å²) in [6, 6.07) is 17.1. The van der Waals surface area contributed by atoms with Crippen LogP contribution in [-0.4, -0.2) is 63.3 Å². The molecule has 1 heterocycles. The molecule has 28 heavy (non-hydrogen) atoms. The van der Waals surface area contributed by atoms with Crippen LogP contribution in [0.5, 0.6) is 11.5 Å². The fourth-order valence-electron chi connectivity index (χ4n) is 3.95. The van der Waals surface area contributed by atoms with E-state index in [9.17, 15) is 0 Å². The number of hydrogen-bond acceptors (Lipinski definition) is 4. The summed E-state index contributed by atoms with van der Waals surface area (Å²) < 4.78 is 10.8. The second-order valence-corrected chi connectivity index (χ2v) is 7.57. The lowest BCUT2D eigenvalue weighted by atomic mass is 10.1. The zero-order valence-electron chi connectivity index (χ0n) is 17.4. The van der Waals surface area contributed by atoms with E-state index < -0.39 is 0 Å². The average Bonchev–Trinajstić information content (AvgIpc) is 2.98. The van der Waals surface area contributed by atoms with Crippen LogP contribution in [-0.2, 0) is 12.8 Å². The number of methoxy groups -OCH3 is 2. The Kier molecular flexibility index (Phi) is 8.19. The molecule has 4 heteroatoms. The molecule has 1 aliphatic heterocycles. The van der Waals surface area contributed by atoms with Gasteiger partial charge in [0.25, 0.3) is 0 Å². The molecule has 1 fully saturated rings. The molecule has 3 rings (SSSR count). The molecule has 1 aliphatic rings. The minimum absolute atomic E-state index is 0.798. The number of hydrogen-bond donors (Lipinski definition) is 0. The fourth-order valence-corrected chi connectivity index (χ4v) is 3.95. The molecule has 0 bridgehead atoms. The number of aryl methyl sites for hydroxylation is 1. The van der Waals surface area contributed by atoms with Crippen LogP contribution in [0.1, 0.15) is 24.0 Å². The summed E-state index contributed by atoms with van der Waals surface area (Å²) >= 11 is 0. The van der Waals surface area contributed by atoms with Crippen LogP contribution in [0.15, 0.2) is 48.5 Å². The largest absolute Gasteiger partial charge is 0.493 e. The van der Waals surface area contributed by atoms with E-state index in [1.165, 1.54) is 63.1 Å². The second kappa shape index (κ2) is 11.1. The van der Waals surface area contributed by atoms with Crippen LogP contribution in [0.25, 0.3) is 0 Å². The maximum absolute atomic E-state index is 5.43. The highest BCUT2D eigenvalue weighted by Crippen LogP contribution is 2.27. The Morgan fingerprint density at radius 2 is 1.43 bits per heavy atom. The summed E-state index contributed by atoms with van der Waals surface area (Å²) in [7, 11) is 3.38. The van der Waals surface area contributed by atoms with Crippen molar-refractivity contribution in [2.75, 3.05) is 53.5 Å². The van der Waals surface area contributed by atoms with Gasteiger partial charge in [0.2, 0.25) is 0 Å².